The highest BCUT2D eigenvalue weighted by Crippen LogP contribution is 2.50. The van der Waals surface area contributed by atoms with Gasteiger partial charge in [-0.2, -0.15) is 4.98 Å². The fourth-order valence-corrected chi connectivity index (χ4v) is 5.47. The minimum Gasteiger partial charge on any atom is -0.591 e. The average molecular weight is 507 g/mol. The zero-order chi connectivity index (χ0) is 25.6. The number of hydrogen-bond donors (Lipinski definition) is 0. The molecule has 0 aromatic carbocycles. The predicted octanol–water partition coefficient (Wildman–Crippen LogP) is 5.70. The van der Waals surface area contributed by atoms with Crippen LogP contribution in [0, 0.1) is 5.92 Å². The normalized spacial score (nSPS) is 26.7. The van der Waals surface area contributed by atoms with Crippen LogP contribution in [-0.2, 0) is 21.5 Å². The van der Waals surface area contributed by atoms with Crippen LogP contribution >= 0.6 is 0 Å². The molecular weight excluding hydrogens is 464 g/mol. The number of amides is 1. The van der Waals surface area contributed by atoms with Crippen LogP contribution in [-0.4, -0.2) is 54.3 Å². The van der Waals surface area contributed by atoms with Crippen molar-refractivity contribution in [1.82, 2.24) is 15.0 Å². The number of carbonyl (C=O) groups is 1. The Balaban J connectivity index is 1.41. The Kier molecular flexibility index (Phi) is 7.32. The maximum Gasteiger partial charge on any atom is 0.410 e. The maximum atomic E-state index is 13.1. The fourth-order valence-electron chi connectivity index (χ4n) is 4.78. The van der Waals surface area contributed by atoms with Gasteiger partial charge in [0.2, 0.25) is 5.89 Å². The highest BCUT2D eigenvalue weighted by molar-refractivity contribution is 7.91. The smallest absolute Gasteiger partial charge is 0.410 e. The molecule has 3 aliphatic carbocycles. The molecule has 1 amide bonds. The Morgan fingerprint density at radius 1 is 1.23 bits per heavy atom. The Bertz CT molecular complexity index is 934. The van der Waals surface area contributed by atoms with E-state index in [9.17, 15) is 9.35 Å². The Hall–Kier alpha value is -1.61. The van der Waals surface area contributed by atoms with Crippen LogP contribution in [0.3, 0.4) is 0 Å². The minimum atomic E-state index is -1.21. The molecule has 8 nitrogen and oxygen atoms in total. The van der Waals surface area contributed by atoms with E-state index in [1.54, 1.807) is 0 Å². The van der Waals surface area contributed by atoms with Gasteiger partial charge in [0.25, 0.3) is 0 Å². The van der Waals surface area contributed by atoms with Gasteiger partial charge in [0.15, 0.2) is 5.82 Å². The number of carbonyl (C=O) groups excluding carboxylic acids is 1. The van der Waals surface area contributed by atoms with E-state index in [4.69, 9.17) is 14.2 Å². The third-order valence-electron chi connectivity index (χ3n) is 7.33. The third-order valence-corrected chi connectivity index (χ3v) is 8.80. The third kappa shape index (κ3) is 6.40. The van der Waals surface area contributed by atoms with Crippen molar-refractivity contribution >= 4 is 23.2 Å². The van der Waals surface area contributed by atoms with Crippen LogP contribution in [0.1, 0.15) is 117 Å². The van der Waals surface area contributed by atoms with E-state index in [0.717, 1.165) is 62.9 Å². The lowest BCUT2D eigenvalue weighted by molar-refractivity contribution is 0.0201. The van der Waals surface area contributed by atoms with Gasteiger partial charge in [-0.15, -0.1) is 0 Å². The van der Waals surface area contributed by atoms with Gasteiger partial charge in [0.05, 0.1) is 11.1 Å². The zero-order valence-electron chi connectivity index (χ0n) is 22.4. The van der Waals surface area contributed by atoms with Gasteiger partial charge in [-0.3, -0.25) is 0 Å². The summed E-state index contributed by atoms with van der Waals surface area (Å²) in [6, 6.07) is 0.244. The molecule has 0 saturated heterocycles. The van der Waals surface area contributed by atoms with Crippen LogP contribution in [0.15, 0.2) is 8.92 Å². The summed E-state index contributed by atoms with van der Waals surface area (Å²) < 4.78 is 28.0. The summed E-state index contributed by atoms with van der Waals surface area (Å²) in [6.07, 6.45) is 7.14. The van der Waals surface area contributed by atoms with Crippen molar-refractivity contribution < 1.29 is 18.6 Å². The lowest BCUT2D eigenvalue weighted by Gasteiger charge is -2.30. The topological polar surface area (TPSA) is 104 Å². The van der Waals surface area contributed by atoms with Gasteiger partial charge in [0.1, 0.15) is 21.7 Å². The zero-order valence-corrected chi connectivity index (χ0v) is 23.2. The van der Waals surface area contributed by atoms with Gasteiger partial charge in [-0.1, -0.05) is 22.9 Å². The number of rotatable bonds is 7. The van der Waals surface area contributed by atoms with Crippen molar-refractivity contribution in [2.75, 3.05) is 6.54 Å². The summed E-state index contributed by atoms with van der Waals surface area (Å²) in [4.78, 5) is 19.8. The number of aromatic nitrogens is 2. The second-order valence-electron chi connectivity index (χ2n) is 12.6. The standard InChI is InChI=1S/C26H42N4O4S/c1-8-17-15-20(17)30(23(31)33-24(2,3)4)16-26(13-14-26)22-27-21(34-28-22)18-9-11-19(12-10-18)29-35(32)25(5,6)7/h17-18,20H,8-16H2,1-7H3/t17-,18?,20-,35-/m1/s1. The molecule has 1 aromatic heterocycles. The predicted molar refractivity (Wildman–Crippen MR) is 137 cm³/mol. The van der Waals surface area contributed by atoms with E-state index < -0.39 is 17.0 Å². The van der Waals surface area contributed by atoms with Crippen molar-refractivity contribution in [3.63, 3.8) is 0 Å². The summed E-state index contributed by atoms with van der Waals surface area (Å²) in [6.45, 7) is 14.3. The van der Waals surface area contributed by atoms with Crippen LogP contribution < -0.4 is 0 Å². The van der Waals surface area contributed by atoms with Gasteiger partial charge >= 0.3 is 6.09 Å². The van der Waals surface area contributed by atoms with E-state index in [2.05, 4.69) is 16.5 Å². The Labute approximate surface area is 213 Å². The van der Waals surface area contributed by atoms with Gasteiger partial charge in [-0.25, -0.2) is 4.79 Å². The molecule has 3 atom stereocenters. The van der Waals surface area contributed by atoms with Crippen molar-refractivity contribution in [2.24, 2.45) is 10.3 Å². The van der Waals surface area contributed by atoms with Crippen LogP contribution in [0.5, 0.6) is 0 Å². The monoisotopic (exact) mass is 506 g/mol. The van der Waals surface area contributed by atoms with Crippen molar-refractivity contribution in [3.05, 3.63) is 11.7 Å². The van der Waals surface area contributed by atoms with Crippen molar-refractivity contribution in [1.29, 1.82) is 0 Å². The molecule has 0 spiro atoms. The Morgan fingerprint density at radius 2 is 1.89 bits per heavy atom. The molecular formula is C26H42N4O4S. The van der Waals surface area contributed by atoms with Crippen LogP contribution in [0.2, 0.25) is 0 Å². The van der Waals surface area contributed by atoms with E-state index in [1.165, 1.54) is 0 Å². The van der Waals surface area contributed by atoms with E-state index in [1.807, 2.05) is 46.4 Å². The first-order valence-electron chi connectivity index (χ1n) is 13.1. The van der Waals surface area contributed by atoms with Gasteiger partial charge in [0, 0.05) is 18.5 Å². The molecule has 0 radical (unpaired) electrons. The molecule has 4 rings (SSSR count). The summed E-state index contributed by atoms with van der Waals surface area (Å²) in [5.74, 6) is 2.15. The first-order chi connectivity index (χ1) is 16.3. The molecule has 1 heterocycles. The second-order valence-corrected chi connectivity index (χ2v) is 14.5. The molecule has 0 bridgehead atoms. The minimum absolute atomic E-state index is 0.198. The van der Waals surface area contributed by atoms with E-state index in [0.29, 0.717) is 18.4 Å². The number of ether oxygens (including phenoxy) is 1. The maximum absolute atomic E-state index is 13.1. The van der Waals surface area contributed by atoms with Crippen molar-refractivity contribution in [2.45, 2.75) is 128 Å². The van der Waals surface area contributed by atoms with Crippen LogP contribution in [0.4, 0.5) is 4.79 Å². The van der Waals surface area contributed by atoms with Gasteiger partial charge in [-0.05, 0) is 92.4 Å². The molecule has 3 saturated carbocycles. The SMILES string of the molecule is CC[C@@H]1C[C@H]1N(CC1(c2noc(C3CCC(=N[S@+]([O-])C(C)(C)C)CC3)n2)CC1)C(=O)OC(C)(C)C. The van der Waals surface area contributed by atoms with E-state index in [-0.39, 0.29) is 28.2 Å². The average Bonchev–Trinajstić information content (AvgIpc) is 3.67. The van der Waals surface area contributed by atoms with Crippen molar-refractivity contribution in [3.8, 4) is 0 Å². The fraction of sp³-hybridized carbons (Fsp3) is 0.846. The van der Waals surface area contributed by atoms with Crippen LogP contribution in [0.25, 0.3) is 0 Å². The molecule has 1 aromatic rings. The lowest BCUT2D eigenvalue weighted by atomic mass is 9.88. The molecule has 0 aliphatic heterocycles. The molecule has 196 valence electrons. The van der Waals surface area contributed by atoms with E-state index >= 15 is 0 Å². The highest BCUT2D eigenvalue weighted by atomic mass is 32.2. The summed E-state index contributed by atoms with van der Waals surface area (Å²) >= 11 is -1.21. The first kappa shape index (κ1) is 26.5. The Morgan fingerprint density at radius 3 is 2.40 bits per heavy atom. The lowest BCUT2D eigenvalue weighted by Crippen LogP contribution is -2.43. The molecule has 0 N–H and O–H groups in total. The molecule has 0 unspecified atom stereocenters. The van der Waals surface area contributed by atoms with Gasteiger partial charge < -0.3 is 18.7 Å². The quantitative estimate of drug-likeness (QED) is 0.440. The molecule has 35 heavy (non-hydrogen) atoms. The highest BCUT2D eigenvalue weighted by Gasteiger charge is 2.54. The molecule has 3 aliphatic rings. The number of nitrogens with zero attached hydrogens (tertiary/aromatic N) is 4. The largest absolute Gasteiger partial charge is 0.591 e. The number of hydrogen-bond acceptors (Lipinski definition) is 7. The molecule has 3 fully saturated rings. The summed E-state index contributed by atoms with van der Waals surface area (Å²) in [7, 11) is 0. The molecule has 9 heteroatoms. The second kappa shape index (κ2) is 9.69. The summed E-state index contributed by atoms with van der Waals surface area (Å²) in [5, 5.41) is 4.39. The first-order valence-corrected chi connectivity index (χ1v) is 14.2. The summed E-state index contributed by atoms with van der Waals surface area (Å²) in [5.41, 5.74) is 0.269.